The van der Waals surface area contributed by atoms with E-state index >= 15 is 0 Å². The van der Waals surface area contributed by atoms with Gasteiger partial charge in [0.1, 0.15) is 0 Å². The fourth-order valence-corrected chi connectivity index (χ4v) is 0. The van der Waals surface area contributed by atoms with Crippen LogP contribution in [-0.4, -0.2) is 27.2 Å². The number of aliphatic carboxylic acids is 1. The largest absolute Gasteiger partial charge is 0.476 e. The van der Waals surface area contributed by atoms with Crippen molar-refractivity contribution in [2.75, 3.05) is 0 Å². The lowest BCUT2D eigenvalue weighted by molar-refractivity contribution is -0.742. The maximum absolute atomic E-state index is 9.54. The molecule has 0 rings (SSSR count). The Bertz CT molecular complexity index is 135. The molecule has 7 nitrogen and oxygen atoms in total. The van der Waals surface area contributed by atoms with Gasteiger partial charge in [-0.3, -0.25) is 4.79 Å². The van der Waals surface area contributed by atoms with Gasteiger partial charge in [-0.1, -0.05) is 0 Å². The van der Waals surface area contributed by atoms with Crippen LogP contribution in [0.25, 0.3) is 0 Å². The van der Waals surface area contributed by atoms with Crippen LogP contribution in [0, 0.1) is 10.1 Å². The lowest BCUT2D eigenvalue weighted by atomic mass is 10.5. The van der Waals surface area contributed by atoms with Crippen molar-refractivity contribution < 1.29 is 25.0 Å². The van der Waals surface area contributed by atoms with E-state index in [1.165, 1.54) is 0 Å². The Morgan fingerprint density at radius 1 is 1.50 bits per heavy atom. The number of rotatable bonds is 1. The van der Waals surface area contributed by atoms with Crippen LogP contribution in [0.2, 0.25) is 0 Å². The van der Waals surface area contributed by atoms with Crippen molar-refractivity contribution in [2.45, 2.75) is 6.92 Å². The Morgan fingerprint density at radius 3 is 1.60 bits per heavy atom. The minimum absolute atomic E-state index is 0.824. The van der Waals surface area contributed by atoms with Crippen LogP contribution in [-0.2, 0) is 9.59 Å². The number of hydrogen-bond acceptors (Lipinski definition) is 4. The molecule has 0 aromatic heterocycles. The number of Topliss-reactive ketones (excluding diaryl/α,β-unsaturated/α-hetero) is 1. The molecule has 0 fully saturated rings. The molecular formula is C3H5NO6. The van der Waals surface area contributed by atoms with E-state index in [2.05, 4.69) is 0 Å². The molecule has 0 aliphatic rings. The number of carboxylic acid groups (broad SMARTS) is 1. The van der Waals surface area contributed by atoms with Gasteiger partial charge in [-0.2, -0.15) is 0 Å². The lowest BCUT2D eigenvalue weighted by Crippen LogP contribution is -2.05. The molecule has 0 atom stereocenters. The fraction of sp³-hybridized carbons (Fsp3) is 0.333. The molecule has 0 bridgehead atoms. The van der Waals surface area contributed by atoms with Crippen molar-refractivity contribution in [3.05, 3.63) is 10.1 Å². The first kappa shape index (κ1) is 11.2. The van der Waals surface area contributed by atoms with Gasteiger partial charge in [0.05, 0.1) is 0 Å². The number of ketones is 1. The number of nitrogens with zero attached hydrogens (tertiary/aromatic N) is 1. The quantitative estimate of drug-likeness (QED) is 0.291. The predicted molar refractivity (Wildman–Crippen MR) is 27.1 cm³/mol. The van der Waals surface area contributed by atoms with Gasteiger partial charge in [-0.15, -0.1) is 10.1 Å². The van der Waals surface area contributed by atoms with Crippen LogP contribution in [0.3, 0.4) is 0 Å². The number of carbonyl (C=O) groups is 2. The van der Waals surface area contributed by atoms with Gasteiger partial charge < -0.3 is 10.3 Å². The van der Waals surface area contributed by atoms with Crippen LogP contribution in [0.15, 0.2) is 0 Å². The summed E-state index contributed by atoms with van der Waals surface area (Å²) in [4.78, 5) is 27.3. The summed E-state index contributed by atoms with van der Waals surface area (Å²) in [6.45, 7) is 1.00. The first-order valence-corrected chi connectivity index (χ1v) is 1.95. The van der Waals surface area contributed by atoms with Gasteiger partial charge in [0.25, 0.3) is 5.09 Å². The zero-order valence-electron chi connectivity index (χ0n) is 4.97. The third kappa shape index (κ3) is 33.0. The van der Waals surface area contributed by atoms with E-state index in [-0.39, 0.29) is 0 Å². The van der Waals surface area contributed by atoms with Crippen molar-refractivity contribution in [1.29, 1.82) is 0 Å². The summed E-state index contributed by atoms with van der Waals surface area (Å²) < 4.78 is 0. The zero-order valence-corrected chi connectivity index (χ0v) is 4.97. The van der Waals surface area contributed by atoms with Gasteiger partial charge in [0, 0.05) is 6.92 Å². The smallest absolute Gasteiger partial charge is 0.371 e. The minimum atomic E-state index is -1.50. The van der Waals surface area contributed by atoms with Crippen molar-refractivity contribution in [1.82, 2.24) is 0 Å². The fourth-order valence-electron chi connectivity index (χ4n) is 0. The molecule has 7 heteroatoms. The molecule has 58 valence electrons. The van der Waals surface area contributed by atoms with E-state index in [1.54, 1.807) is 0 Å². The molecule has 0 heterocycles. The third-order valence-corrected chi connectivity index (χ3v) is 0.301. The molecule has 0 aliphatic heterocycles. The molecule has 0 radical (unpaired) electrons. The third-order valence-electron chi connectivity index (χ3n) is 0.301. The van der Waals surface area contributed by atoms with Gasteiger partial charge in [0.15, 0.2) is 0 Å². The average molecular weight is 151 g/mol. The summed E-state index contributed by atoms with van der Waals surface area (Å²) in [6, 6.07) is 0. The Labute approximate surface area is 55.0 Å². The summed E-state index contributed by atoms with van der Waals surface area (Å²) in [7, 11) is 0. The second kappa shape index (κ2) is 5.48. The topological polar surface area (TPSA) is 118 Å². The SMILES string of the molecule is CC(=O)C(=O)O.O=[N+]([O-])O. The summed E-state index contributed by atoms with van der Waals surface area (Å²) in [5, 5.41) is 21.3. The summed E-state index contributed by atoms with van der Waals surface area (Å²) in [5.41, 5.74) is 0. The normalized spacial score (nSPS) is 6.90. The van der Waals surface area contributed by atoms with Gasteiger partial charge >= 0.3 is 5.97 Å². The van der Waals surface area contributed by atoms with Gasteiger partial charge in [0.2, 0.25) is 5.78 Å². The standard InChI is InChI=1S/C3H4O3.HNO3/c1-2(4)3(5)6;2-1(3)4/h1H3,(H,5,6);(H,2,3,4). The Balaban J connectivity index is 0. The van der Waals surface area contributed by atoms with E-state index in [0.717, 1.165) is 6.92 Å². The van der Waals surface area contributed by atoms with Crippen LogP contribution in [0.4, 0.5) is 0 Å². The van der Waals surface area contributed by atoms with Crippen molar-refractivity contribution >= 4 is 11.8 Å². The molecule has 2 N–H and O–H groups in total. The number of carbonyl (C=O) groups excluding carboxylic acids is 1. The van der Waals surface area contributed by atoms with Crippen molar-refractivity contribution in [3.8, 4) is 0 Å². The maximum Gasteiger partial charge on any atom is 0.371 e. The highest BCUT2D eigenvalue weighted by Gasteiger charge is 1.98. The minimum Gasteiger partial charge on any atom is -0.476 e. The first-order valence-electron chi connectivity index (χ1n) is 1.95. The van der Waals surface area contributed by atoms with Crippen LogP contribution < -0.4 is 0 Å². The molecule has 0 saturated heterocycles. The molecule has 10 heavy (non-hydrogen) atoms. The summed E-state index contributed by atoms with van der Waals surface area (Å²) in [6.07, 6.45) is 0. The molecular weight excluding hydrogens is 146 g/mol. The summed E-state index contributed by atoms with van der Waals surface area (Å²) >= 11 is 0. The van der Waals surface area contributed by atoms with Crippen LogP contribution in [0.5, 0.6) is 0 Å². The second-order valence-electron chi connectivity index (χ2n) is 1.10. The van der Waals surface area contributed by atoms with E-state index in [0.29, 0.717) is 0 Å². The number of hydrogen-bond donors (Lipinski definition) is 2. The molecule has 0 aromatic carbocycles. The molecule has 0 spiro atoms. The average Bonchev–Trinajstić information content (AvgIpc) is 1.63. The van der Waals surface area contributed by atoms with Crippen molar-refractivity contribution in [3.63, 3.8) is 0 Å². The van der Waals surface area contributed by atoms with Crippen LogP contribution in [0.1, 0.15) is 6.92 Å². The maximum atomic E-state index is 9.54. The van der Waals surface area contributed by atoms with Crippen molar-refractivity contribution in [2.24, 2.45) is 0 Å². The molecule has 0 saturated carbocycles. The van der Waals surface area contributed by atoms with E-state index in [4.69, 9.17) is 20.4 Å². The van der Waals surface area contributed by atoms with E-state index in [1.807, 2.05) is 0 Å². The van der Waals surface area contributed by atoms with E-state index in [9.17, 15) is 9.59 Å². The van der Waals surface area contributed by atoms with Gasteiger partial charge in [-0.25, -0.2) is 4.79 Å². The second-order valence-corrected chi connectivity index (χ2v) is 1.10. The molecule has 0 aromatic rings. The molecule has 0 aliphatic carbocycles. The monoisotopic (exact) mass is 151 g/mol. The highest BCUT2D eigenvalue weighted by atomic mass is 16.9. The summed E-state index contributed by atoms with van der Waals surface area (Å²) in [5.74, 6) is -2.20. The Hall–Kier alpha value is -1.66. The number of carboxylic acids is 1. The van der Waals surface area contributed by atoms with E-state index < -0.39 is 16.8 Å². The highest BCUT2D eigenvalue weighted by Crippen LogP contribution is 1.61. The predicted octanol–water partition coefficient (Wildman–Crippen LogP) is -0.688. The zero-order chi connectivity index (χ0) is 8.73. The highest BCUT2D eigenvalue weighted by molar-refractivity contribution is 6.31. The molecule has 0 amide bonds. The Morgan fingerprint density at radius 2 is 1.60 bits per heavy atom. The molecule has 0 unspecified atom stereocenters. The first-order chi connectivity index (χ1) is 4.37. The van der Waals surface area contributed by atoms with Crippen LogP contribution >= 0.6 is 0 Å². The Kier molecular flexibility index (Phi) is 6.12. The van der Waals surface area contributed by atoms with Gasteiger partial charge in [-0.05, 0) is 0 Å². The lowest BCUT2D eigenvalue weighted by Gasteiger charge is -1.73.